The van der Waals surface area contributed by atoms with Crippen LogP contribution in [0.25, 0.3) is 10.4 Å². The third-order valence-electron chi connectivity index (χ3n) is 4.57. The standard InChI is InChI=1S/C20H23N3O3S2/c1-5-26-20(25)18-15(16-7-6-10-27-16)11-28-19(18)21-17(24)9-8-14-12(2)22-23(4)13(14)3/h6-7,10-11H,5,8-9H2,1-4H3,(H,21,24). The fourth-order valence-corrected chi connectivity index (χ4v) is 4.86. The minimum atomic E-state index is -0.415. The Balaban J connectivity index is 1.77. The van der Waals surface area contributed by atoms with Crippen molar-refractivity contribution in [3.05, 3.63) is 45.4 Å². The van der Waals surface area contributed by atoms with Crippen LogP contribution in [0, 0.1) is 13.8 Å². The third-order valence-corrected chi connectivity index (χ3v) is 6.37. The topological polar surface area (TPSA) is 73.2 Å². The molecule has 3 aromatic rings. The number of rotatable bonds is 7. The number of carbonyl (C=O) groups is 2. The number of carbonyl (C=O) groups excluding carboxylic acids is 2. The molecule has 0 fully saturated rings. The molecule has 0 aliphatic heterocycles. The van der Waals surface area contributed by atoms with Crippen LogP contribution in [-0.2, 0) is 23.0 Å². The molecule has 3 heterocycles. The van der Waals surface area contributed by atoms with Crippen LogP contribution in [-0.4, -0.2) is 28.3 Å². The van der Waals surface area contributed by atoms with Gasteiger partial charge in [0.1, 0.15) is 10.6 Å². The molecule has 0 saturated carbocycles. The first-order chi connectivity index (χ1) is 13.4. The lowest BCUT2D eigenvalue weighted by atomic mass is 10.1. The molecule has 148 valence electrons. The van der Waals surface area contributed by atoms with E-state index in [-0.39, 0.29) is 12.5 Å². The van der Waals surface area contributed by atoms with Gasteiger partial charge in [-0.25, -0.2) is 4.79 Å². The van der Waals surface area contributed by atoms with Gasteiger partial charge in [0.25, 0.3) is 0 Å². The molecule has 28 heavy (non-hydrogen) atoms. The lowest BCUT2D eigenvalue weighted by Gasteiger charge is -2.08. The van der Waals surface area contributed by atoms with Crippen molar-refractivity contribution in [3.8, 4) is 10.4 Å². The van der Waals surface area contributed by atoms with Crippen molar-refractivity contribution in [1.29, 1.82) is 0 Å². The molecule has 0 bridgehead atoms. The number of anilines is 1. The molecule has 0 saturated heterocycles. The van der Waals surface area contributed by atoms with Crippen LogP contribution >= 0.6 is 22.7 Å². The molecule has 0 aromatic carbocycles. The zero-order chi connectivity index (χ0) is 20.3. The first kappa shape index (κ1) is 20.3. The molecule has 3 aromatic heterocycles. The monoisotopic (exact) mass is 417 g/mol. The number of ether oxygens (including phenoxy) is 1. The predicted molar refractivity (Wildman–Crippen MR) is 113 cm³/mol. The SMILES string of the molecule is CCOC(=O)c1c(-c2cccs2)csc1NC(=O)CCc1c(C)nn(C)c1C. The van der Waals surface area contributed by atoms with Gasteiger partial charge >= 0.3 is 5.97 Å². The molecule has 0 spiro atoms. The molecule has 0 atom stereocenters. The number of hydrogen-bond donors (Lipinski definition) is 1. The molecule has 1 N–H and O–H groups in total. The third kappa shape index (κ3) is 4.18. The van der Waals surface area contributed by atoms with Crippen molar-refractivity contribution < 1.29 is 14.3 Å². The summed E-state index contributed by atoms with van der Waals surface area (Å²) in [5, 5.41) is 11.7. The highest BCUT2D eigenvalue weighted by Crippen LogP contribution is 2.38. The second kappa shape index (κ2) is 8.70. The zero-order valence-electron chi connectivity index (χ0n) is 16.4. The molecule has 6 nitrogen and oxygen atoms in total. The number of aromatic nitrogens is 2. The lowest BCUT2D eigenvalue weighted by Crippen LogP contribution is -2.15. The highest BCUT2D eigenvalue weighted by molar-refractivity contribution is 7.17. The molecule has 1 amide bonds. The maximum Gasteiger partial charge on any atom is 0.341 e. The van der Waals surface area contributed by atoms with Crippen molar-refractivity contribution >= 4 is 39.6 Å². The Morgan fingerprint density at radius 1 is 1.29 bits per heavy atom. The summed E-state index contributed by atoms with van der Waals surface area (Å²) in [7, 11) is 1.90. The van der Waals surface area contributed by atoms with E-state index in [1.54, 1.807) is 18.3 Å². The summed E-state index contributed by atoms with van der Waals surface area (Å²) in [4.78, 5) is 26.1. The van der Waals surface area contributed by atoms with E-state index in [2.05, 4.69) is 10.4 Å². The summed E-state index contributed by atoms with van der Waals surface area (Å²) in [5.74, 6) is -0.547. The van der Waals surface area contributed by atoms with Gasteiger partial charge in [-0.3, -0.25) is 9.48 Å². The van der Waals surface area contributed by atoms with Gasteiger partial charge in [0.2, 0.25) is 5.91 Å². The van der Waals surface area contributed by atoms with E-state index in [0.717, 1.165) is 27.4 Å². The van der Waals surface area contributed by atoms with Gasteiger partial charge in [0.05, 0.1) is 12.3 Å². The summed E-state index contributed by atoms with van der Waals surface area (Å²) in [6, 6.07) is 3.89. The van der Waals surface area contributed by atoms with Crippen LogP contribution in [0.1, 0.15) is 40.7 Å². The van der Waals surface area contributed by atoms with E-state index < -0.39 is 5.97 Å². The Morgan fingerprint density at radius 3 is 2.68 bits per heavy atom. The maximum atomic E-state index is 12.6. The molecule has 0 radical (unpaired) electrons. The Kier molecular flexibility index (Phi) is 6.31. The molecule has 0 aliphatic rings. The predicted octanol–water partition coefficient (Wildman–Crippen LogP) is 4.57. The molecule has 0 aliphatic carbocycles. The van der Waals surface area contributed by atoms with Crippen molar-refractivity contribution in [2.75, 3.05) is 11.9 Å². The summed E-state index contributed by atoms with van der Waals surface area (Å²) in [6.07, 6.45) is 0.928. The highest BCUT2D eigenvalue weighted by Gasteiger charge is 2.23. The fraction of sp³-hybridized carbons (Fsp3) is 0.350. The first-order valence-corrected chi connectivity index (χ1v) is 10.8. The van der Waals surface area contributed by atoms with Gasteiger partial charge in [0.15, 0.2) is 0 Å². The van der Waals surface area contributed by atoms with Crippen LogP contribution in [0.15, 0.2) is 22.9 Å². The van der Waals surface area contributed by atoms with Crippen LogP contribution in [0.4, 0.5) is 5.00 Å². The summed E-state index contributed by atoms with van der Waals surface area (Å²) < 4.78 is 7.05. The Morgan fingerprint density at radius 2 is 2.07 bits per heavy atom. The van der Waals surface area contributed by atoms with Crippen LogP contribution < -0.4 is 5.32 Å². The van der Waals surface area contributed by atoms with Gasteiger partial charge in [0, 0.05) is 35.0 Å². The van der Waals surface area contributed by atoms with Crippen molar-refractivity contribution in [1.82, 2.24) is 9.78 Å². The second-order valence-corrected chi connectivity index (χ2v) is 8.20. The summed E-state index contributed by atoms with van der Waals surface area (Å²) in [5.41, 5.74) is 4.32. The molecular weight excluding hydrogens is 394 g/mol. The minimum Gasteiger partial charge on any atom is -0.462 e. The number of nitrogens with one attached hydrogen (secondary N) is 1. The lowest BCUT2D eigenvalue weighted by molar-refractivity contribution is -0.116. The number of nitrogens with zero attached hydrogens (tertiary/aromatic N) is 2. The van der Waals surface area contributed by atoms with Crippen LogP contribution in [0.5, 0.6) is 0 Å². The Bertz CT molecular complexity index is 987. The van der Waals surface area contributed by atoms with E-state index in [9.17, 15) is 9.59 Å². The van der Waals surface area contributed by atoms with Crippen LogP contribution in [0.2, 0.25) is 0 Å². The number of esters is 1. The van der Waals surface area contributed by atoms with E-state index in [1.807, 2.05) is 48.5 Å². The summed E-state index contributed by atoms with van der Waals surface area (Å²) in [6.45, 7) is 6.00. The van der Waals surface area contributed by atoms with Gasteiger partial charge in [-0.05, 0) is 44.2 Å². The van der Waals surface area contributed by atoms with Gasteiger partial charge in [-0.15, -0.1) is 22.7 Å². The molecular formula is C20H23N3O3S2. The van der Waals surface area contributed by atoms with E-state index in [1.165, 1.54) is 11.3 Å². The molecule has 3 rings (SSSR count). The van der Waals surface area contributed by atoms with Crippen molar-refractivity contribution in [3.63, 3.8) is 0 Å². The van der Waals surface area contributed by atoms with Gasteiger partial charge < -0.3 is 10.1 Å². The highest BCUT2D eigenvalue weighted by atomic mass is 32.1. The quantitative estimate of drug-likeness (QED) is 0.571. The van der Waals surface area contributed by atoms with E-state index in [0.29, 0.717) is 23.4 Å². The van der Waals surface area contributed by atoms with E-state index >= 15 is 0 Å². The fourth-order valence-electron chi connectivity index (χ4n) is 3.08. The van der Waals surface area contributed by atoms with Crippen molar-refractivity contribution in [2.45, 2.75) is 33.6 Å². The number of thiophene rings is 2. The smallest absolute Gasteiger partial charge is 0.341 e. The minimum absolute atomic E-state index is 0.132. The maximum absolute atomic E-state index is 12.6. The average molecular weight is 418 g/mol. The van der Waals surface area contributed by atoms with E-state index in [4.69, 9.17) is 4.74 Å². The number of aryl methyl sites for hydroxylation is 2. The van der Waals surface area contributed by atoms with Gasteiger partial charge in [-0.2, -0.15) is 5.10 Å². The van der Waals surface area contributed by atoms with Gasteiger partial charge in [-0.1, -0.05) is 6.07 Å². The second-order valence-electron chi connectivity index (χ2n) is 6.37. The van der Waals surface area contributed by atoms with Crippen molar-refractivity contribution in [2.24, 2.45) is 7.05 Å². The molecule has 0 unspecified atom stereocenters. The zero-order valence-corrected chi connectivity index (χ0v) is 18.0. The number of hydrogen-bond acceptors (Lipinski definition) is 6. The largest absolute Gasteiger partial charge is 0.462 e. The number of amides is 1. The summed E-state index contributed by atoms with van der Waals surface area (Å²) >= 11 is 2.89. The van der Waals surface area contributed by atoms with Crippen LogP contribution in [0.3, 0.4) is 0 Å². The normalized spacial score (nSPS) is 10.9. The average Bonchev–Trinajstić information content (AvgIpc) is 3.35. The Labute approximate surface area is 172 Å². The Hall–Kier alpha value is -2.45. The molecule has 8 heteroatoms. The first-order valence-electron chi connectivity index (χ1n) is 9.03.